The molecule has 0 aromatic rings. The van der Waals surface area contributed by atoms with Gasteiger partial charge < -0.3 is 23.6 Å². The van der Waals surface area contributed by atoms with Gasteiger partial charge in [0, 0.05) is 12.8 Å². The average Bonchev–Trinajstić information content (AvgIpc) is 3.40. The van der Waals surface area contributed by atoms with Gasteiger partial charge in [-0.3, -0.25) is 18.6 Å². The fourth-order valence-corrected chi connectivity index (χ4v) is 8.30. The molecule has 1 aliphatic rings. The van der Waals surface area contributed by atoms with Crippen LogP contribution < -0.4 is 0 Å². The van der Waals surface area contributed by atoms with Gasteiger partial charge in [0.25, 0.3) is 0 Å². The molecule has 1 N–H and O–H groups in total. The smallest absolute Gasteiger partial charge is 0.462 e. The van der Waals surface area contributed by atoms with Crippen molar-refractivity contribution in [1.29, 1.82) is 0 Å². The maximum atomic E-state index is 13.3. The van der Waals surface area contributed by atoms with E-state index in [4.69, 9.17) is 23.3 Å². The zero-order valence-corrected chi connectivity index (χ0v) is 40.0. The van der Waals surface area contributed by atoms with E-state index in [1.54, 1.807) is 0 Å². The number of carbonyl (C=O) groups excluding carboxylic acids is 2. The van der Waals surface area contributed by atoms with Crippen LogP contribution in [-0.4, -0.2) is 97.9 Å². The standard InChI is InChI=1S/C46H90N2O10P/c1-8-10-12-14-16-17-18-19-20-21-22-25-29-33-43(49)54-39-42(40-57-59(52,53)56-38-37-48(5,6)7)58-44(50)34-30-26-23-24-28-32-36-46(35-31-27-15-13-11-9-2)47(51)45(3,4)41-55-46/h42H,8-41H2,1-7H3/p+1/t42-,46?/m0/s1. The fraction of sp³-hybridized carbons (Fsp3) is 0.957. The van der Waals surface area contributed by atoms with E-state index >= 15 is 0 Å². The molecule has 1 saturated heterocycles. The number of hydrogen-bond acceptors (Lipinski definition) is 9. The van der Waals surface area contributed by atoms with Crippen molar-refractivity contribution in [1.82, 2.24) is 5.06 Å². The predicted octanol–water partition coefficient (Wildman–Crippen LogP) is 11.8. The van der Waals surface area contributed by atoms with Crippen molar-refractivity contribution in [2.75, 3.05) is 54.1 Å². The number of unbranched alkanes of at least 4 members (excludes halogenated alkanes) is 22. The maximum Gasteiger partial charge on any atom is 0.472 e. The number of phosphoric acid groups is 1. The number of phosphoric ester groups is 1. The van der Waals surface area contributed by atoms with Crippen LogP contribution in [0, 0.1) is 0 Å². The van der Waals surface area contributed by atoms with Crippen molar-refractivity contribution < 1.29 is 52.0 Å². The quantitative estimate of drug-likeness (QED) is 0.0274. The summed E-state index contributed by atoms with van der Waals surface area (Å²) in [6, 6.07) is 0. The molecular formula is C46H91N2O10P+. The highest BCUT2D eigenvalue weighted by Crippen LogP contribution is 2.43. The summed E-state index contributed by atoms with van der Waals surface area (Å²) < 4.78 is 40.7. The molecule has 12 nitrogen and oxygen atoms in total. The number of hydroxylamine groups is 2. The first-order valence-electron chi connectivity index (χ1n) is 23.9. The molecule has 1 heterocycles. The summed E-state index contributed by atoms with van der Waals surface area (Å²) in [5.41, 5.74) is -1.23. The largest absolute Gasteiger partial charge is 0.472 e. The number of likely N-dealkylation sites (N-methyl/N-ethyl adjacent to an activating group) is 1. The first-order chi connectivity index (χ1) is 28.1. The number of carbonyl (C=O) groups is 2. The van der Waals surface area contributed by atoms with Crippen LogP contribution >= 0.6 is 7.82 Å². The molecule has 2 unspecified atom stereocenters. The molecule has 0 aromatic heterocycles. The van der Waals surface area contributed by atoms with Crippen LogP contribution in [0.3, 0.4) is 0 Å². The molecule has 0 spiro atoms. The van der Waals surface area contributed by atoms with Gasteiger partial charge in [0.05, 0.1) is 39.9 Å². The second-order valence-corrected chi connectivity index (χ2v) is 20.3. The van der Waals surface area contributed by atoms with Crippen LogP contribution in [-0.2, 0) is 42.6 Å². The predicted molar refractivity (Wildman–Crippen MR) is 236 cm³/mol. The maximum absolute atomic E-state index is 13.3. The van der Waals surface area contributed by atoms with Crippen LogP contribution in [0.2, 0.25) is 0 Å². The Hall–Kier alpha value is -1.11. The third-order valence-corrected chi connectivity index (χ3v) is 12.4. The van der Waals surface area contributed by atoms with Gasteiger partial charge >= 0.3 is 19.8 Å². The van der Waals surface area contributed by atoms with E-state index in [-0.39, 0.29) is 32.0 Å². The minimum atomic E-state index is -4.41. The first kappa shape index (κ1) is 55.9. The minimum absolute atomic E-state index is 0.0128. The average molecular weight is 863 g/mol. The van der Waals surface area contributed by atoms with Crippen LogP contribution in [0.1, 0.15) is 214 Å². The third-order valence-electron chi connectivity index (χ3n) is 11.4. The summed E-state index contributed by atoms with van der Waals surface area (Å²) in [6.07, 6.45) is 29.1. The van der Waals surface area contributed by atoms with E-state index in [0.717, 1.165) is 77.0 Å². The second kappa shape index (κ2) is 32.5. The molecule has 349 valence electrons. The van der Waals surface area contributed by atoms with Crippen molar-refractivity contribution in [3.8, 4) is 0 Å². The number of ether oxygens (including phenoxy) is 3. The fourth-order valence-electron chi connectivity index (χ4n) is 7.56. The lowest BCUT2D eigenvalue weighted by atomic mass is 9.95. The van der Waals surface area contributed by atoms with Crippen molar-refractivity contribution in [2.45, 2.75) is 231 Å². The molecule has 3 atom stereocenters. The van der Waals surface area contributed by atoms with E-state index in [1.165, 1.54) is 95.0 Å². The van der Waals surface area contributed by atoms with E-state index in [1.807, 2.05) is 35.0 Å². The third kappa shape index (κ3) is 29.0. The minimum Gasteiger partial charge on any atom is -0.462 e. The Bertz CT molecular complexity index is 1120. The zero-order chi connectivity index (χ0) is 43.9. The number of rotatable bonds is 40. The van der Waals surface area contributed by atoms with Crippen LogP contribution in [0.5, 0.6) is 0 Å². The molecule has 0 amide bonds. The van der Waals surface area contributed by atoms with Gasteiger partial charge in [-0.2, -0.15) is 0 Å². The van der Waals surface area contributed by atoms with E-state index in [0.29, 0.717) is 24.1 Å². The highest BCUT2D eigenvalue weighted by molar-refractivity contribution is 7.47. The summed E-state index contributed by atoms with van der Waals surface area (Å²) in [5.74, 6) is -0.863. The molecule has 0 saturated carbocycles. The lowest BCUT2D eigenvalue weighted by Crippen LogP contribution is -2.49. The Kier molecular flexibility index (Phi) is 30.8. The number of esters is 2. The van der Waals surface area contributed by atoms with Gasteiger partial charge in [0.2, 0.25) is 0 Å². The molecule has 0 aromatic carbocycles. The van der Waals surface area contributed by atoms with Gasteiger partial charge in [-0.25, -0.2) is 4.57 Å². The van der Waals surface area contributed by atoms with Crippen molar-refractivity contribution in [3.05, 3.63) is 0 Å². The Balaban J connectivity index is 2.44. The van der Waals surface area contributed by atoms with Gasteiger partial charge in [-0.1, -0.05) is 149 Å². The van der Waals surface area contributed by atoms with Gasteiger partial charge in [-0.15, -0.1) is 10.3 Å². The number of hydrogen-bond donors (Lipinski definition) is 1. The van der Waals surface area contributed by atoms with Crippen LogP contribution in [0.4, 0.5) is 0 Å². The molecule has 1 rings (SSSR count). The van der Waals surface area contributed by atoms with Crippen LogP contribution in [0.15, 0.2) is 0 Å². The van der Waals surface area contributed by atoms with Gasteiger partial charge in [-0.05, 0) is 52.4 Å². The van der Waals surface area contributed by atoms with Crippen molar-refractivity contribution in [2.24, 2.45) is 0 Å². The lowest BCUT2D eigenvalue weighted by molar-refractivity contribution is -0.870. The molecule has 59 heavy (non-hydrogen) atoms. The van der Waals surface area contributed by atoms with Crippen molar-refractivity contribution >= 4 is 19.8 Å². The Morgan fingerprint density at radius 3 is 1.51 bits per heavy atom. The number of quaternary nitrogens is 1. The topological polar surface area (TPSA) is 141 Å². The normalized spacial score (nSPS) is 18.5. The van der Waals surface area contributed by atoms with Gasteiger partial charge in [0.1, 0.15) is 25.5 Å². The molecule has 0 aliphatic carbocycles. The summed E-state index contributed by atoms with van der Waals surface area (Å²) in [6.45, 7) is 8.67. The zero-order valence-electron chi connectivity index (χ0n) is 39.1. The molecular weight excluding hydrogens is 771 g/mol. The van der Waals surface area contributed by atoms with Crippen molar-refractivity contribution in [3.63, 3.8) is 0 Å². The number of nitrogens with zero attached hydrogens (tertiary/aromatic N) is 2. The van der Waals surface area contributed by atoms with Crippen LogP contribution in [0.25, 0.3) is 0 Å². The van der Waals surface area contributed by atoms with Gasteiger partial charge in [0.15, 0.2) is 6.10 Å². The summed E-state index contributed by atoms with van der Waals surface area (Å²) in [5, 5.41) is 14.5. The second-order valence-electron chi connectivity index (χ2n) is 18.9. The Morgan fingerprint density at radius 1 is 0.661 bits per heavy atom. The van der Waals surface area contributed by atoms with E-state index in [2.05, 4.69) is 13.8 Å². The molecule has 1 aliphatic heterocycles. The highest BCUT2D eigenvalue weighted by atomic mass is 31.2. The first-order valence-corrected chi connectivity index (χ1v) is 25.4. The summed E-state index contributed by atoms with van der Waals surface area (Å²) in [4.78, 5) is 35.6. The summed E-state index contributed by atoms with van der Waals surface area (Å²) >= 11 is 0. The highest BCUT2D eigenvalue weighted by Gasteiger charge is 2.51. The lowest BCUT2D eigenvalue weighted by Gasteiger charge is -2.35. The van der Waals surface area contributed by atoms with E-state index in [9.17, 15) is 24.3 Å². The Morgan fingerprint density at radius 2 is 1.08 bits per heavy atom. The van der Waals surface area contributed by atoms with E-state index < -0.39 is 37.8 Å². The molecule has 0 bridgehead atoms. The SMILES string of the molecule is CCCCCCCCCCCCCCCC(=O)OC[C@@H](COP(=O)(O)OCC[N+](C)(C)C)OC(=O)CCCCCCCCC1(CCCCCCCC)OCC(C)(C)N1[O]. The monoisotopic (exact) mass is 863 g/mol. The summed E-state index contributed by atoms with van der Waals surface area (Å²) in [7, 11) is 1.41. The molecule has 13 heteroatoms. The Labute approximate surface area is 361 Å². The molecule has 1 fully saturated rings. The molecule has 1 radical (unpaired) electrons.